The van der Waals surface area contributed by atoms with Crippen LogP contribution in [0.25, 0.3) is 11.3 Å². The quantitative estimate of drug-likeness (QED) is 0.597. The van der Waals surface area contributed by atoms with Gasteiger partial charge in [0.15, 0.2) is 5.13 Å². The molecule has 9 heteroatoms. The van der Waals surface area contributed by atoms with Crippen LogP contribution >= 0.6 is 23.6 Å². The van der Waals surface area contributed by atoms with Crippen molar-refractivity contribution in [2.45, 2.75) is 13.5 Å². The molecule has 0 aliphatic heterocycles. The Hall–Kier alpha value is -2.65. The predicted molar refractivity (Wildman–Crippen MR) is 98.5 cm³/mol. The van der Waals surface area contributed by atoms with E-state index in [-0.39, 0.29) is 11.7 Å². The van der Waals surface area contributed by atoms with Crippen LogP contribution in [0.5, 0.6) is 5.75 Å². The third kappa shape index (κ3) is 4.12. The first-order chi connectivity index (χ1) is 12.4. The molecule has 0 spiro atoms. The zero-order valence-electron chi connectivity index (χ0n) is 13.5. The van der Waals surface area contributed by atoms with Gasteiger partial charge in [-0.3, -0.25) is 10.1 Å². The molecule has 0 unspecified atom stereocenters. The number of nitrogens with zero attached hydrogens (tertiary/aromatic N) is 1. The Kier molecular flexibility index (Phi) is 5.38. The van der Waals surface area contributed by atoms with E-state index in [0.29, 0.717) is 21.0 Å². The van der Waals surface area contributed by atoms with Crippen molar-refractivity contribution in [2.24, 2.45) is 0 Å². The van der Waals surface area contributed by atoms with E-state index in [1.165, 1.54) is 23.5 Å². The number of anilines is 1. The summed E-state index contributed by atoms with van der Waals surface area (Å²) in [7, 11) is 0. The molecule has 134 valence electrons. The lowest BCUT2D eigenvalue weighted by Gasteiger charge is -2.05. The van der Waals surface area contributed by atoms with Crippen molar-refractivity contribution in [1.82, 2.24) is 9.97 Å². The molecule has 0 radical (unpaired) electrons. The number of halogens is 2. The van der Waals surface area contributed by atoms with E-state index in [4.69, 9.17) is 12.2 Å². The van der Waals surface area contributed by atoms with Gasteiger partial charge in [-0.15, -0.1) is 11.3 Å². The average molecular weight is 393 g/mol. The van der Waals surface area contributed by atoms with Crippen LogP contribution in [0.4, 0.5) is 13.9 Å². The Balaban J connectivity index is 1.80. The van der Waals surface area contributed by atoms with Crippen LogP contribution in [-0.2, 0) is 0 Å². The summed E-state index contributed by atoms with van der Waals surface area (Å²) < 4.78 is 29.1. The topological polar surface area (TPSA) is 67.0 Å². The second kappa shape index (κ2) is 7.71. The number of ether oxygens (including phenoxy) is 1. The van der Waals surface area contributed by atoms with Gasteiger partial charge >= 0.3 is 6.61 Å². The molecule has 0 bridgehead atoms. The molecule has 3 aromatic rings. The maximum absolute atomic E-state index is 12.3. The lowest BCUT2D eigenvalue weighted by Crippen LogP contribution is -2.12. The molecule has 26 heavy (non-hydrogen) atoms. The lowest BCUT2D eigenvalue weighted by atomic mass is 10.1. The highest BCUT2D eigenvalue weighted by Crippen LogP contribution is 2.31. The Morgan fingerprint density at radius 3 is 2.69 bits per heavy atom. The molecule has 2 aromatic heterocycles. The van der Waals surface area contributed by atoms with Crippen LogP contribution in [0.1, 0.15) is 15.2 Å². The highest BCUT2D eigenvalue weighted by atomic mass is 32.1. The number of carbonyl (C=O) groups excluding carboxylic acids is 1. The van der Waals surface area contributed by atoms with Gasteiger partial charge in [0.1, 0.15) is 10.4 Å². The van der Waals surface area contributed by atoms with Crippen molar-refractivity contribution >= 4 is 34.6 Å². The zero-order valence-corrected chi connectivity index (χ0v) is 15.1. The minimum absolute atomic E-state index is 0.0726. The van der Waals surface area contributed by atoms with Gasteiger partial charge in [0, 0.05) is 16.6 Å². The summed E-state index contributed by atoms with van der Waals surface area (Å²) in [6.45, 7) is -1.01. The average Bonchev–Trinajstić information content (AvgIpc) is 2.95. The van der Waals surface area contributed by atoms with Crippen LogP contribution < -0.4 is 10.1 Å². The molecule has 2 heterocycles. The van der Waals surface area contributed by atoms with Crippen molar-refractivity contribution in [3.8, 4) is 17.0 Å². The summed E-state index contributed by atoms with van der Waals surface area (Å²) in [6, 6.07) is 9.48. The van der Waals surface area contributed by atoms with Gasteiger partial charge < -0.3 is 9.72 Å². The number of aromatic nitrogens is 2. The van der Waals surface area contributed by atoms with E-state index in [0.717, 1.165) is 10.4 Å². The molecule has 3 rings (SSSR count). The summed E-state index contributed by atoms with van der Waals surface area (Å²) in [5.74, 6) is -0.281. The summed E-state index contributed by atoms with van der Waals surface area (Å²) in [6.07, 6.45) is 1.65. The predicted octanol–water partition coefficient (Wildman–Crippen LogP) is 5.03. The fourth-order valence-corrected chi connectivity index (χ4v) is 3.34. The molecule has 2 N–H and O–H groups in total. The molecule has 5 nitrogen and oxygen atoms in total. The Labute approximate surface area is 156 Å². The summed E-state index contributed by atoms with van der Waals surface area (Å²) in [5, 5.41) is 3.15. The number of benzene rings is 1. The van der Waals surface area contributed by atoms with Gasteiger partial charge in [0.25, 0.3) is 5.91 Å². The number of carbonyl (C=O) groups is 1. The van der Waals surface area contributed by atoms with Crippen LogP contribution in [0, 0.1) is 11.6 Å². The molecule has 0 saturated heterocycles. The van der Waals surface area contributed by atoms with E-state index in [9.17, 15) is 13.6 Å². The number of hydrogen-bond donors (Lipinski definition) is 2. The van der Waals surface area contributed by atoms with Crippen LogP contribution in [0.3, 0.4) is 0 Å². The number of nitrogens with one attached hydrogen (secondary N) is 2. The first kappa shape index (κ1) is 18.2. The lowest BCUT2D eigenvalue weighted by molar-refractivity contribution is -0.0498. The van der Waals surface area contributed by atoms with E-state index < -0.39 is 6.61 Å². The van der Waals surface area contributed by atoms with E-state index >= 15 is 0 Å². The molecular formula is C17H13F2N3O2S2. The first-order valence-corrected chi connectivity index (χ1v) is 8.68. The molecule has 1 aromatic carbocycles. The Morgan fingerprint density at radius 1 is 1.31 bits per heavy atom. The summed E-state index contributed by atoms with van der Waals surface area (Å²) >= 11 is 6.41. The second-order valence-corrected chi connectivity index (χ2v) is 6.81. The highest BCUT2D eigenvalue weighted by molar-refractivity contribution is 7.71. The van der Waals surface area contributed by atoms with E-state index in [1.54, 1.807) is 30.5 Å². The normalized spacial score (nSPS) is 10.8. The van der Waals surface area contributed by atoms with Gasteiger partial charge in [-0.05, 0) is 43.3 Å². The third-order valence-electron chi connectivity index (χ3n) is 3.43. The van der Waals surface area contributed by atoms with Gasteiger partial charge in [-0.2, -0.15) is 8.78 Å². The van der Waals surface area contributed by atoms with Gasteiger partial charge in [-0.1, -0.05) is 12.2 Å². The summed E-state index contributed by atoms with van der Waals surface area (Å²) in [4.78, 5) is 20.4. The fraction of sp³-hybridized carbons (Fsp3) is 0.118. The number of H-pyrrole nitrogens is 1. The van der Waals surface area contributed by atoms with Crippen molar-refractivity contribution in [1.29, 1.82) is 0 Å². The largest absolute Gasteiger partial charge is 0.435 e. The van der Waals surface area contributed by atoms with Gasteiger partial charge in [-0.25, -0.2) is 4.98 Å². The number of thiazole rings is 1. The van der Waals surface area contributed by atoms with Crippen molar-refractivity contribution < 1.29 is 18.3 Å². The maximum Gasteiger partial charge on any atom is 0.387 e. The SMILES string of the molecule is Cc1sc(NC(=O)c2ccc[nH]c2=S)nc1-c1ccc(OC(F)F)cc1. The van der Waals surface area contributed by atoms with Gasteiger partial charge in [0.05, 0.1) is 11.3 Å². The molecule has 1 amide bonds. The number of aryl methyl sites for hydroxylation is 1. The molecule has 0 saturated carbocycles. The molecule has 0 fully saturated rings. The van der Waals surface area contributed by atoms with Crippen molar-refractivity contribution in [3.63, 3.8) is 0 Å². The zero-order chi connectivity index (χ0) is 18.7. The third-order valence-corrected chi connectivity index (χ3v) is 4.66. The first-order valence-electron chi connectivity index (χ1n) is 7.46. The van der Waals surface area contributed by atoms with Crippen LogP contribution in [-0.4, -0.2) is 22.5 Å². The summed E-state index contributed by atoms with van der Waals surface area (Å²) in [5.41, 5.74) is 1.75. The van der Waals surface area contributed by atoms with E-state index in [1.807, 2.05) is 6.92 Å². The van der Waals surface area contributed by atoms with Crippen LogP contribution in [0.2, 0.25) is 0 Å². The Morgan fingerprint density at radius 2 is 2.04 bits per heavy atom. The number of pyridine rings is 1. The Bertz CT molecular complexity index is 984. The second-order valence-electron chi connectivity index (χ2n) is 5.19. The molecular weight excluding hydrogens is 380 g/mol. The molecule has 0 atom stereocenters. The minimum Gasteiger partial charge on any atom is -0.435 e. The maximum atomic E-state index is 12.3. The van der Waals surface area contributed by atoms with Crippen molar-refractivity contribution in [3.05, 3.63) is 57.7 Å². The minimum atomic E-state index is -2.87. The number of alkyl halides is 2. The smallest absolute Gasteiger partial charge is 0.387 e. The van der Waals surface area contributed by atoms with Crippen molar-refractivity contribution in [2.75, 3.05) is 5.32 Å². The monoisotopic (exact) mass is 393 g/mol. The van der Waals surface area contributed by atoms with E-state index in [2.05, 4.69) is 20.0 Å². The standard InChI is InChI=1S/C17H13F2N3O2S2/c1-9-13(10-4-6-11(7-5-10)24-16(18)19)21-17(26-9)22-14(23)12-3-2-8-20-15(12)25/h2-8,16H,1H3,(H,20,25)(H,21,22,23). The fourth-order valence-electron chi connectivity index (χ4n) is 2.28. The number of hydrogen-bond acceptors (Lipinski definition) is 5. The number of aromatic amines is 1. The van der Waals surface area contributed by atoms with Gasteiger partial charge in [0.2, 0.25) is 0 Å². The molecule has 0 aliphatic carbocycles. The highest BCUT2D eigenvalue weighted by Gasteiger charge is 2.14. The number of rotatable bonds is 5. The molecule has 0 aliphatic rings. The number of amides is 1. The van der Waals surface area contributed by atoms with Crippen LogP contribution in [0.15, 0.2) is 42.6 Å².